The van der Waals surface area contributed by atoms with Gasteiger partial charge in [0.15, 0.2) is 0 Å². The van der Waals surface area contributed by atoms with Crippen LogP contribution in [0.1, 0.15) is 119 Å². The van der Waals surface area contributed by atoms with Gasteiger partial charge in [-0.1, -0.05) is 34.6 Å². The Morgan fingerprint density at radius 1 is 0.862 bits per heavy atom. The Labute approximate surface area is 181 Å². The number of hydrogen-bond acceptors (Lipinski definition) is 1. The van der Waals surface area contributed by atoms with E-state index < -0.39 is 5.60 Å². The van der Waals surface area contributed by atoms with Crippen LogP contribution in [0.25, 0.3) is 0 Å². The summed E-state index contributed by atoms with van der Waals surface area (Å²) in [4.78, 5) is 0. The summed E-state index contributed by atoms with van der Waals surface area (Å²) in [5.74, 6) is 5.61. The molecule has 29 heavy (non-hydrogen) atoms. The van der Waals surface area contributed by atoms with Crippen molar-refractivity contribution in [3.63, 3.8) is 0 Å². The van der Waals surface area contributed by atoms with Crippen LogP contribution in [-0.4, -0.2) is 10.7 Å². The molecule has 0 aromatic rings. The van der Waals surface area contributed by atoms with Gasteiger partial charge in [-0.15, -0.1) is 0 Å². The molecule has 0 heterocycles. The Morgan fingerprint density at radius 3 is 2.24 bits per heavy atom. The van der Waals surface area contributed by atoms with Crippen molar-refractivity contribution in [3.8, 4) is 0 Å². The van der Waals surface area contributed by atoms with Gasteiger partial charge in [0.25, 0.3) is 0 Å². The van der Waals surface area contributed by atoms with Crippen LogP contribution >= 0.6 is 0 Å². The van der Waals surface area contributed by atoms with E-state index in [1.54, 1.807) is 0 Å². The minimum atomic E-state index is -0.507. The molecule has 0 amide bonds. The minimum absolute atomic E-state index is 0.507. The average Bonchev–Trinajstić information content (AvgIpc) is 2.97. The molecule has 4 aliphatic rings. The van der Waals surface area contributed by atoms with Gasteiger partial charge in [0.2, 0.25) is 0 Å². The van der Waals surface area contributed by atoms with E-state index in [0.29, 0.717) is 16.2 Å². The topological polar surface area (TPSA) is 20.2 Å². The van der Waals surface area contributed by atoms with Crippen LogP contribution in [0.15, 0.2) is 0 Å². The molecule has 4 fully saturated rings. The lowest BCUT2D eigenvalue weighted by Crippen LogP contribution is -2.54. The molecule has 168 valence electrons. The standard InChI is InChI=1S/C28H50O/c1-19(12-14-26(4,5)29)22-10-11-23-21-9-8-20-18-25(2,3)16-17-27(20,6)24(21)13-15-28(22,23)7/h19-24,29H,8-18H2,1-7H3/t19?,20-,21-,22+,23-,24-,27-,28+/m0/s1. The molecule has 1 unspecified atom stereocenters. The summed E-state index contributed by atoms with van der Waals surface area (Å²) in [5, 5.41) is 10.2. The molecular formula is C28H50O. The van der Waals surface area contributed by atoms with Gasteiger partial charge in [-0.3, -0.25) is 0 Å². The maximum atomic E-state index is 10.2. The van der Waals surface area contributed by atoms with Crippen LogP contribution in [0, 0.1) is 51.8 Å². The molecular weight excluding hydrogens is 352 g/mol. The first-order valence-electron chi connectivity index (χ1n) is 13.1. The van der Waals surface area contributed by atoms with Crippen LogP contribution < -0.4 is 0 Å². The number of aliphatic hydroxyl groups is 1. The highest BCUT2D eigenvalue weighted by Gasteiger charge is 2.61. The zero-order valence-electron chi connectivity index (χ0n) is 20.7. The molecule has 0 bridgehead atoms. The predicted molar refractivity (Wildman–Crippen MR) is 124 cm³/mol. The Hall–Kier alpha value is -0.0400. The van der Waals surface area contributed by atoms with Gasteiger partial charge in [0, 0.05) is 0 Å². The van der Waals surface area contributed by atoms with Crippen molar-refractivity contribution >= 4 is 0 Å². The van der Waals surface area contributed by atoms with E-state index in [1.807, 2.05) is 13.8 Å². The molecule has 0 spiro atoms. The monoisotopic (exact) mass is 402 g/mol. The van der Waals surface area contributed by atoms with E-state index in [2.05, 4.69) is 34.6 Å². The fourth-order valence-corrected chi connectivity index (χ4v) is 9.39. The van der Waals surface area contributed by atoms with Crippen LogP contribution in [0.2, 0.25) is 0 Å². The summed E-state index contributed by atoms with van der Waals surface area (Å²) in [6, 6.07) is 0. The Morgan fingerprint density at radius 2 is 1.55 bits per heavy atom. The molecule has 0 radical (unpaired) electrons. The molecule has 4 saturated carbocycles. The lowest BCUT2D eigenvalue weighted by Gasteiger charge is -2.62. The SMILES string of the molecule is CC(CCC(C)(C)O)[C@H]1CC[C@H]2[C@@H]3CC[C@H]4CC(C)(C)CC[C@]4(C)[C@H]3CC[C@]12C. The third kappa shape index (κ3) is 3.85. The van der Waals surface area contributed by atoms with Crippen LogP contribution in [0.4, 0.5) is 0 Å². The van der Waals surface area contributed by atoms with Crippen molar-refractivity contribution in [1.29, 1.82) is 0 Å². The van der Waals surface area contributed by atoms with Crippen molar-refractivity contribution in [1.82, 2.24) is 0 Å². The summed E-state index contributed by atoms with van der Waals surface area (Å²) < 4.78 is 0. The van der Waals surface area contributed by atoms with Gasteiger partial charge in [-0.2, -0.15) is 0 Å². The second-order valence-corrected chi connectivity index (χ2v) is 14.1. The van der Waals surface area contributed by atoms with Crippen LogP contribution in [-0.2, 0) is 0 Å². The molecule has 1 nitrogen and oxygen atoms in total. The van der Waals surface area contributed by atoms with E-state index in [1.165, 1.54) is 64.2 Å². The van der Waals surface area contributed by atoms with Crippen LogP contribution in [0.5, 0.6) is 0 Å². The summed E-state index contributed by atoms with van der Waals surface area (Å²) in [6.07, 6.45) is 15.5. The van der Waals surface area contributed by atoms with E-state index >= 15 is 0 Å². The second kappa shape index (κ2) is 7.25. The van der Waals surface area contributed by atoms with Crippen molar-refractivity contribution in [2.24, 2.45) is 51.8 Å². The van der Waals surface area contributed by atoms with Crippen molar-refractivity contribution in [2.45, 2.75) is 125 Å². The van der Waals surface area contributed by atoms with Gasteiger partial charge in [0.1, 0.15) is 0 Å². The first kappa shape index (κ1) is 22.2. The predicted octanol–water partition coefficient (Wildman–Crippen LogP) is 7.86. The van der Waals surface area contributed by atoms with Gasteiger partial charge < -0.3 is 5.11 Å². The zero-order chi connectivity index (χ0) is 21.2. The highest BCUT2D eigenvalue weighted by Crippen LogP contribution is 2.69. The van der Waals surface area contributed by atoms with Crippen LogP contribution in [0.3, 0.4) is 0 Å². The first-order chi connectivity index (χ1) is 13.4. The van der Waals surface area contributed by atoms with Crippen molar-refractivity contribution < 1.29 is 5.11 Å². The average molecular weight is 403 g/mol. The third-order valence-electron chi connectivity index (χ3n) is 11.2. The van der Waals surface area contributed by atoms with Crippen molar-refractivity contribution in [3.05, 3.63) is 0 Å². The van der Waals surface area contributed by atoms with E-state index in [-0.39, 0.29) is 0 Å². The largest absolute Gasteiger partial charge is 0.390 e. The maximum Gasteiger partial charge on any atom is 0.0591 e. The fraction of sp³-hybridized carbons (Fsp3) is 1.00. The Kier molecular flexibility index (Phi) is 5.54. The number of rotatable bonds is 4. The molecule has 4 aliphatic carbocycles. The molecule has 4 rings (SSSR count). The smallest absolute Gasteiger partial charge is 0.0591 e. The third-order valence-corrected chi connectivity index (χ3v) is 11.2. The van der Waals surface area contributed by atoms with Gasteiger partial charge in [-0.05, 0) is 136 Å². The van der Waals surface area contributed by atoms with Gasteiger partial charge in [0.05, 0.1) is 5.60 Å². The van der Waals surface area contributed by atoms with Gasteiger partial charge in [-0.25, -0.2) is 0 Å². The molecule has 0 aromatic carbocycles. The lowest BCUT2D eigenvalue weighted by molar-refractivity contribution is -0.129. The fourth-order valence-electron chi connectivity index (χ4n) is 9.39. The Balaban J connectivity index is 1.49. The number of hydrogen-bond donors (Lipinski definition) is 1. The molecule has 0 aromatic heterocycles. The summed E-state index contributed by atoms with van der Waals surface area (Å²) in [5.41, 5.74) is 1.27. The highest BCUT2D eigenvalue weighted by atomic mass is 16.3. The normalized spacial score (nSPS) is 47.8. The minimum Gasteiger partial charge on any atom is -0.390 e. The summed E-state index contributed by atoms with van der Waals surface area (Å²) in [7, 11) is 0. The maximum absolute atomic E-state index is 10.2. The zero-order valence-corrected chi connectivity index (χ0v) is 20.7. The summed E-state index contributed by atoms with van der Waals surface area (Å²) in [6.45, 7) is 16.9. The van der Waals surface area contributed by atoms with E-state index in [4.69, 9.17) is 0 Å². The van der Waals surface area contributed by atoms with E-state index in [9.17, 15) is 5.11 Å². The molecule has 0 aliphatic heterocycles. The van der Waals surface area contributed by atoms with E-state index in [0.717, 1.165) is 41.9 Å². The quantitative estimate of drug-likeness (QED) is 0.507. The molecule has 1 heteroatoms. The molecule has 8 atom stereocenters. The molecule has 0 saturated heterocycles. The Bertz CT molecular complexity index is 600. The summed E-state index contributed by atoms with van der Waals surface area (Å²) >= 11 is 0. The number of fused-ring (bicyclic) bond motifs is 5. The lowest BCUT2D eigenvalue weighted by atomic mass is 9.43. The molecule has 1 N–H and O–H groups in total. The second-order valence-electron chi connectivity index (χ2n) is 14.1. The highest BCUT2D eigenvalue weighted by molar-refractivity contribution is 5.10. The first-order valence-corrected chi connectivity index (χ1v) is 13.1. The van der Waals surface area contributed by atoms with Gasteiger partial charge >= 0.3 is 0 Å². The van der Waals surface area contributed by atoms with Crippen molar-refractivity contribution in [2.75, 3.05) is 0 Å².